The first-order valence-electron chi connectivity index (χ1n) is 6.78. The minimum absolute atomic E-state index is 0.0348. The number of carbonyl (C=O) groups is 2. The van der Waals surface area contributed by atoms with Gasteiger partial charge in [-0.15, -0.1) is 0 Å². The fourth-order valence-electron chi connectivity index (χ4n) is 2.40. The molecule has 0 aromatic heterocycles. The second-order valence-electron chi connectivity index (χ2n) is 5.18. The molecule has 2 rings (SSSR count). The molecule has 1 saturated heterocycles. The molecule has 6 nitrogen and oxygen atoms in total. The zero-order valence-corrected chi connectivity index (χ0v) is 12.1. The van der Waals surface area contributed by atoms with Crippen molar-refractivity contribution in [1.29, 1.82) is 0 Å². The summed E-state index contributed by atoms with van der Waals surface area (Å²) in [5, 5.41) is 9.06. The van der Waals surface area contributed by atoms with Gasteiger partial charge in [0.05, 0.1) is 13.0 Å². The van der Waals surface area contributed by atoms with Gasteiger partial charge >= 0.3 is 5.97 Å². The number of carboxylic acids is 1. The van der Waals surface area contributed by atoms with Crippen molar-refractivity contribution >= 4 is 11.9 Å². The summed E-state index contributed by atoms with van der Waals surface area (Å²) < 4.78 is 10.5. The quantitative estimate of drug-likeness (QED) is 0.884. The summed E-state index contributed by atoms with van der Waals surface area (Å²) in [6, 6.07) is 6.94. The summed E-state index contributed by atoms with van der Waals surface area (Å²) >= 11 is 0. The summed E-state index contributed by atoms with van der Waals surface area (Å²) in [6.07, 6.45) is 0. The Morgan fingerprint density at radius 3 is 2.38 bits per heavy atom. The van der Waals surface area contributed by atoms with Crippen LogP contribution in [0.25, 0.3) is 0 Å². The molecule has 21 heavy (non-hydrogen) atoms. The van der Waals surface area contributed by atoms with Crippen LogP contribution in [0.1, 0.15) is 6.92 Å². The Kier molecular flexibility index (Phi) is 4.67. The number of carbonyl (C=O) groups excluding carboxylic acids is 1. The van der Waals surface area contributed by atoms with Crippen LogP contribution in [0.3, 0.4) is 0 Å². The Hall–Kier alpha value is -2.24. The van der Waals surface area contributed by atoms with Gasteiger partial charge in [0.25, 0.3) is 5.91 Å². The molecule has 6 heteroatoms. The highest BCUT2D eigenvalue weighted by Crippen LogP contribution is 2.23. The lowest BCUT2D eigenvalue weighted by Gasteiger charge is -2.16. The van der Waals surface area contributed by atoms with E-state index < -0.39 is 11.9 Å². The molecule has 0 unspecified atom stereocenters. The van der Waals surface area contributed by atoms with Gasteiger partial charge in [-0.2, -0.15) is 0 Å². The van der Waals surface area contributed by atoms with Gasteiger partial charge in [-0.25, -0.2) is 0 Å². The Balaban J connectivity index is 1.86. The first-order chi connectivity index (χ1) is 10.0. The van der Waals surface area contributed by atoms with E-state index in [4.69, 9.17) is 14.6 Å². The number of aliphatic carboxylic acids is 1. The lowest BCUT2D eigenvalue weighted by molar-refractivity contribution is -0.142. The molecular formula is C15H19NO5. The summed E-state index contributed by atoms with van der Waals surface area (Å²) in [5.74, 6) is -0.282. The predicted octanol–water partition coefficient (Wildman–Crippen LogP) is 1.25. The first-order valence-corrected chi connectivity index (χ1v) is 6.78. The second-order valence-corrected chi connectivity index (χ2v) is 5.18. The van der Waals surface area contributed by atoms with Crippen LogP contribution in [-0.2, 0) is 9.59 Å². The SMILES string of the molecule is COc1ccc(OCC(=O)N2C[C@@H](C)[C@H](C(=O)O)C2)cc1. The number of ether oxygens (including phenoxy) is 2. The van der Waals surface area contributed by atoms with Crippen molar-refractivity contribution in [3.8, 4) is 11.5 Å². The highest BCUT2D eigenvalue weighted by atomic mass is 16.5. The molecule has 0 saturated carbocycles. The van der Waals surface area contributed by atoms with Gasteiger partial charge < -0.3 is 19.5 Å². The van der Waals surface area contributed by atoms with Crippen molar-refractivity contribution in [2.75, 3.05) is 26.8 Å². The molecule has 0 radical (unpaired) electrons. The van der Waals surface area contributed by atoms with Gasteiger partial charge in [0.15, 0.2) is 6.61 Å². The summed E-state index contributed by atoms with van der Waals surface area (Å²) in [7, 11) is 1.58. The van der Waals surface area contributed by atoms with E-state index in [0.717, 1.165) is 0 Å². The van der Waals surface area contributed by atoms with E-state index in [9.17, 15) is 9.59 Å². The third-order valence-corrected chi connectivity index (χ3v) is 3.70. The van der Waals surface area contributed by atoms with Gasteiger partial charge in [-0.05, 0) is 30.2 Å². The fraction of sp³-hybridized carbons (Fsp3) is 0.467. The molecule has 1 aliphatic rings. The van der Waals surface area contributed by atoms with Crippen molar-refractivity contribution in [3.05, 3.63) is 24.3 Å². The van der Waals surface area contributed by atoms with Crippen molar-refractivity contribution < 1.29 is 24.2 Å². The Labute approximate surface area is 123 Å². The normalized spacial score (nSPS) is 21.1. The van der Waals surface area contributed by atoms with Crippen molar-refractivity contribution in [2.45, 2.75) is 6.92 Å². The largest absolute Gasteiger partial charge is 0.497 e. The fourth-order valence-corrected chi connectivity index (χ4v) is 2.40. The van der Waals surface area contributed by atoms with Crippen molar-refractivity contribution in [3.63, 3.8) is 0 Å². The maximum atomic E-state index is 12.0. The van der Waals surface area contributed by atoms with E-state index in [2.05, 4.69) is 0 Å². The molecule has 1 aromatic rings. The smallest absolute Gasteiger partial charge is 0.308 e. The van der Waals surface area contributed by atoms with E-state index >= 15 is 0 Å². The monoisotopic (exact) mass is 293 g/mol. The Bertz CT molecular complexity index is 513. The average Bonchev–Trinajstić information content (AvgIpc) is 2.87. The Morgan fingerprint density at radius 1 is 1.24 bits per heavy atom. The van der Waals surface area contributed by atoms with Crippen LogP contribution in [0.15, 0.2) is 24.3 Å². The zero-order chi connectivity index (χ0) is 15.4. The Morgan fingerprint density at radius 2 is 1.86 bits per heavy atom. The van der Waals surface area contributed by atoms with Crippen LogP contribution in [-0.4, -0.2) is 48.7 Å². The van der Waals surface area contributed by atoms with E-state index in [-0.39, 0.29) is 25.0 Å². The van der Waals surface area contributed by atoms with Crippen LogP contribution in [0.2, 0.25) is 0 Å². The predicted molar refractivity (Wildman–Crippen MR) is 75.4 cm³/mol. The summed E-state index contributed by atoms with van der Waals surface area (Å²) in [6.45, 7) is 2.46. The lowest BCUT2D eigenvalue weighted by Crippen LogP contribution is -2.33. The standard InChI is InChI=1S/C15H19NO5/c1-10-7-16(8-13(10)15(18)19)14(17)9-21-12-5-3-11(20-2)4-6-12/h3-6,10,13H,7-9H2,1-2H3,(H,18,19)/t10-,13-/m1/s1. The molecule has 1 heterocycles. The topological polar surface area (TPSA) is 76.1 Å². The molecule has 0 aliphatic carbocycles. The molecule has 1 fully saturated rings. The molecule has 1 N–H and O–H groups in total. The van der Waals surface area contributed by atoms with E-state index in [1.807, 2.05) is 6.92 Å². The average molecular weight is 293 g/mol. The van der Waals surface area contributed by atoms with E-state index in [1.54, 1.807) is 36.3 Å². The highest BCUT2D eigenvalue weighted by molar-refractivity contribution is 5.80. The molecule has 1 amide bonds. The molecule has 1 aliphatic heterocycles. The first kappa shape index (κ1) is 15.2. The number of benzene rings is 1. The minimum Gasteiger partial charge on any atom is -0.497 e. The van der Waals surface area contributed by atoms with Gasteiger partial charge in [-0.3, -0.25) is 9.59 Å². The number of methoxy groups -OCH3 is 1. The summed E-state index contributed by atoms with van der Waals surface area (Å²) in [5.41, 5.74) is 0. The van der Waals surface area contributed by atoms with Crippen LogP contribution in [0, 0.1) is 11.8 Å². The van der Waals surface area contributed by atoms with Gasteiger partial charge in [0.2, 0.25) is 0 Å². The number of hydrogen-bond acceptors (Lipinski definition) is 4. The van der Waals surface area contributed by atoms with Gasteiger partial charge in [-0.1, -0.05) is 6.92 Å². The van der Waals surface area contributed by atoms with Gasteiger partial charge in [0.1, 0.15) is 11.5 Å². The maximum absolute atomic E-state index is 12.0. The zero-order valence-electron chi connectivity index (χ0n) is 12.1. The molecule has 114 valence electrons. The maximum Gasteiger partial charge on any atom is 0.308 e. The van der Waals surface area contributed by atoms with Gasteiger partial charge in [0, 0.05) is 13.1 Å². The van der Waals surface area contributed by atoms with Crippen LogP contribution in [0.5, 0.6) is 11.5 Å². The van der Waals surface area contributed by atoms with Crippen LogP contribution < -0.4 is 9.47 Å². The molecule has 1 aromatic carbocycles. The minimum atomic E-state index is -0.853. The van der Waals surface area contributed by atoms with Crippen LogP contribution in [0.4, 0.5) is 0 Å². The van der Waals surface area contributed by atoms with E-state index in [1.165, 1.54) is 0 Å². The molecule has 0 bridgehead atoms. The number of nitrogens with zero attached hydrogens (tertiary/aromatic N) is 1. The number of rotatable bonds is 5. The molecule has 2 atom stereocenters. The van der Waals surface area contributed by atoms with Crippen molar-refractivity contribution in [1.82, 2.24) is 4.90 Å². The van der Waals surface area contributed by atoms with E-state index in [0.29, 0.717) is 18.0 Å². The number of amides is 1. The third-order valence-electron chi connectivity index (χ3n) is 3.70. The number of hydrogen-bond donors (Lipinski definition) is 1. The highest BCUT2D eigenvalue weighted by Gasteiger charge is 2.36. The third kappa shape index (κ3) is 3.65. The van der Waals surface area contributed by atoms with Crippen molar-refractivity contribution in [2.24, 2.45) is 11.8 Å². The number of likely N-dealkylation sites (tertiary alicyclic amines) is 1. The second kappa shape index (κ2) is 6.47. The summed E-state index contributed by atoms with van der Waals surface area (Å²) in [4.78, 5) is 24.6. The lowest BCUT2D eigenvalue weighted by atomic mass is 9.99. The molecular weight excluding hydrogens is 274 g/mol. The molecule has 0 spiro atoms. The number of carboxylic acid groups (broad SMARTS) is 1. The van der Waals surface area contributed by atoms with Crippen LogP contribution >= 0.6 is 0 Å².